The van der Waals surface area contributed by atoms with Crippen LogP contribution in [0, 0.1) is 11.3 Å². The highest BCUT2D eigenvalue weighted by atomic mass is 35.5. The first kappa shape index (κ1) is 18.5. The Morgan fingerprint density at radius 2 is 1.50 bits per heavy atom. The normalized spacial score (nSPS) is 10.5. The summed E-state index contributed by atoms with van der Waals surface area (Å²) in [7, 11) is 0. The molecule has 0 spiro atoms. The van der Waals surface area contributed by atoms with E-state index in [0.29, 0.717) is 26.9 Å². The molecule has 0 aliphatic carbocycles. The van der Waals surface area contributed by atoms with E-state index in [0.717, 1.165) is 5.56 Å². The molecular weight excluding hydrogens is 393 g/mol. The zero-order valence-electron chi connectivity index (χ0n) is 13.4. The number of hydrogen-bond donors (Lipinski definition) is 0. The van der Waals surface area contributed by atoms with E-state index in [1.807, 2.05) is 6.07 Å². The minimum absolute atomic E-state index is 0.0115. The zero-order valence-corrected chi connectivity index (χ0v) is 15.7. The van der Waals surface area contributed by atoms with E-state index in [4.69, 9.17) is 34.8 Å². The fourth-order valence-electron chi connectivity index (χ4n) is 2.61. The van der Waals surface area contributed by atoms with Crippen LogP contribution in [-0.2, 0) is 6.54 Å². The number of halogens is 3. The Bertz CT molecular complexity index is 1040. The molecule has 4 nitrogen and oxygen atoms in total. The summed E-state index contributed by atoms with van der Waals surface area (Å²) in [5.41, 5.74) is 1.92. The molecule has 0 saturated carbocycles. The number of nitriles is 1. The van der Waals surface area contributed by atoms with Gasteiger partial charge in [0.05, 0.1) is 6.54 Å². The number of benzene rings is 2. The van der Waals surface area contributed by atoms with E-state index in [-0.39, 0.29) is 18.0 Å². The van der Waals surface area contributed by atoms with Crippen molar-refractivity contribution in [3.8, 4) is 28.5 Å². The smallest absolute Gasteiger partial charge is 0.266 e. The molecule has 0 fully saturated rings. The molecule has 1 heterocycles. The third-order valence-electron chi connectivity index (χ3n) is 3.81. The van der Waals surface area contributed by atoms with Gasteiger partial charge in [-0.15, -0.1) is 11.6 Å². The lowest BCUT2D eigenvalue weighted by molar-refractivity contribution is 0.622. The van der Waals surface area contributed by atoms with E-state index in [1.54, 1.807) is 48.5 Å². The van der Waals surface area contributed by atoms with Crippen molar-refractivity contribution < 1.29 is 0 Å². The van der Waals surface area contributed by atoms with E-state index < -0.39 is 5.56 Å². The van der Waals surface area contributed by atoms with Gasteiger partial charge in [-0.1, -0.05) is 47.5 Å². The van der Waals surface area contributed by atoms with Crippen LogP contribution >= 0.6 is 34.8 Å². The molecule has 0 aliphatic rings. The molecule has 0 saturated heterocycles. The van der Waals surface area contributed by atoms with Crippen LogP contribution in [0.2, 0.25) is 10.0 Å². The summed E-state index contributed by atoms with van der Waals surface area (Å²) in [6.45, 7) is 0.205. The lowest BCUT2D eigenvalue weighted by Gasteiger charge is -2.14. The van der Waals surface area contributed by atoms with Gasteiger partial charge in [0.25, 0.3) is 5.56 Å². The molecule has 0 amide bonds. The molecule has 0 aliphatic heterocycles. The van der Waals surface area contributed by atoms with Crippen molar-refractivity contribution >= 4 is 34.8 Å². The highest BCUT2D eigenvalue weighted by Crippen LogP contribution is 2.33. The topological polar surface area (TPSA) is 58.7 Å². The zero-order chi connectivity index (χ0) is 18.7. The van der Waals surface area contributed by atoms with Gasteiger partial charge in [0.2, 0.25) is 0 Å². The second-order valence-corrected chi connectivity index (χ2v) is 6.69. The molecule has 0 unspecified atom stereocenters. The van der Waals surface area contributed by atoms with Crippen molar-refractivity contribution in [1.82, 2.24) is 9.78 Å². The summed E-state index contributed by atoms with van der Waals surface area (Å²) in [4.78, 5) is 12.7. The second kappa shape index (κ2) is 7.92. The molecule has 0 radical (unpaired) electrons. The van der Waals surface area contributed by atoms with Gasteiger partial charge in [0.1, 0.15) is 17.3 Å². The summed E-state index contributed by atoms with van der Waals surface area (Å²) in [5, 5.41) is 15.3. The Morgan fingerprint density at radius 1 is 0.962 bits per heavy atom. The second-order valence-electron chi connectivity index (χ2n) is 5.44. The SMILES string of the molecule is N#Cc1c(-c2ccc(Cl)cc2)c(-c2ccc(Cl)cc2)nn(CCCl)c1=O. The molecule has 0 atom stereocenters. The molecule has 0 bridgehead atoms. The average molecular weight is 405 g/mol. The molecule has 7 heteroatoms. The predicted molar refractivity (Wildman–Crippen MR) is 105 cm³/mol. The molecule has 0 N–H and O–H groups in total. The van der Waals surface area contributed by atoms with Crippen molar-refractivity contribution in [3.05, 3.63) is 74.5 Å². The fraction of sp³-hybridized carbons (Fsp3) is 0.105. The van der Waals surface area contributed by atoms with Crippen LogP contribution < -0.4 is 5.56 Å². The van der Waals surface area contributed by atoms with Crippen LogP contribution in [0.3, 0.4) is 0 Å². The number of aryl methyl sites for hydroxylation is 1. The van der Waals surface area contributed by atoms with Gasteiger partial charge in [0, 0.05) is 27.1 Å². The summed E-state index contributed by atoms with van der Waals surface area (Å²) in [6.07, 6.45) is 0. The molecule has 1 aromatic heterocycles. The molecular formula is C19H12Cl3N3O. The van der Waals surface area contributed by atoms with Crippen LogP contribution in [0.4, 0.5) is 0 Å². The third kappa shape index (κ3) is 3.61. The number of hydrogen-bond acceptors (Lipinski definition) is 3. The van der Waals surface area contributed by atoms with Gasteiger partial charge >= 0.3 is 0 Å². The molecule has 3 aromatic rings. The summed E-state index contributed by atoms with van der Waals surface area (Å²) in [6, 6.07) is 16.0. The minimum atomic E-state index is -0.476. The maximum Gasteiger partial charge on any atom is 0.285 e. The molecule has 130 valence electrons. The number of alkyl halides is 1. The maximum atomic E-state index is 12.7. The van der Waals surface area contributed by atoms with Crippen LogP contribution in [0.15, 0.2) is 53.3 Å². The summed E-state index contributed by atoms with van der Waals surface area (Å²) >= 11 is 17.7. The van der Waals surface area contributed by atoms with Crippen LogP contribution in [0.1, 0.15) is 5.56 Å². The van der Waals surface area contributed by atoms with E-state index >= 15 is 0 Å². The van der Waals surface area contributed by atoms with Crippen LogP contribution in [-0.4, -0.2) is 15.7 Å². The highest BCUT2D eigenvalue weighted by molar-refractivity contribution is 6.31. The van der Waals surface area contributed by atoms with Crippen molar-refractivity contribution in [1.29, 1.82) is 5.26 Å². The molecule has 26 heavy (non-hydrogen) atoms. The van der Waals surface area contributed by atoms with E-state index in [1.165, 1.54) is 4.68 Å². The van der Waals surface area contributed by atoms with Crippen molar-refractivity contribution in [3.63, 3.8) is 0 Å². The summed E-state index contributed by atoms with van der Waals surface area (Å²) < 4.78 is 1.22. The van der Waals surface area contributed by atoms with Gasteiger partial charge in [-0.2, -0.15) is 10.4 Å². The first-order chi connectivity index (χ1) is 12.5. The van der Waals surface area contributed by atoms with Crippen molar-refractivity contribution in [2.45, 2.75) is 6.54 Å². The van der Waals surface area contributed by atoms with Gasteiger partial charge < -0.3 is 0 Å². The van der Waals surface area contributed by atoms with Gasteiger partial charge in [-0.05, 0) is 29.8 Å². The predicted octanol–water partition coefficient (Wildman–Crippen LogP) is 4.99. The lowest BCUT2D eigenvalue weighted by atomic mass is 9.96. The third-order valence-corrected chi connectivity index (χ3v) is 4.49. The highest BCUT2D eigenvalue weighted by Gasteiger charge is 2.20. The Hall–Kier alpha value is -2.32. The Balaban J connectivity index is 2.37. The average Bonchev–Trinajstić information content (AvgIpc) is 2.64. The standard InChI is InChI=1S/C19H12Cl3N3O/c20-9-10-25-19(26)16(11-23)17(12-1-5-14(21)6-2-12)18(24-25)13-3-7-15(22)8-4-13/h1-8H,9-10H2. The number of rotatable bonds is 4. The van der Waals surface area contributed by atoms with Crippen LogP contribution in [0.5, 0.6) is 0 Å². The fourth-order valence-corrected chi connectivity index (χ4v) is 3.03. The Labute approximate surface area is 165 Å². The Morgan fingerprint density at radius 3 is 2.00 bits per heavy atom. The van der Waals surface area contributed by atoms with E-state index in [9.17, 15) is 10.1 Å². The number of nitrogens with zero attached hydrogens (tertiary/aromatic N) is 3. The van der Waals surface area contributed by atoms with Crippen molar-refractivity contribution in [2.75, 3.05) is 5.88 Å². The quantitative estimate of drug-likeness (QED) is 0.575. The lowest BCUT2D eigenvalue weighted by Crippen LogP contribution is -2.27. The first-order valence-electron chi connectivity index (χ1n) is 7.68. The first-order valence-corrected chi connectivity index (χ1v) is 8.97. The van der Waals surface area contributed by atoms with Gasteiger partial charge in [-0.3, -0.25) is 4.79 Å². The van der Waals surface area contributed by atoms with Gasteiger partial charge in [-0.25, -0.2) is 4.68 Å². The Kier molecular flexibility index (Phi) is 5.63. The minimum Gasteiger partial charge on any atom is -0.266 e. The van der Waals surface area contributed by atoms with E-state index in [2.05, 4.69) is 5.10 Å². The van der Waals surface area contributed by atoms with Gasteiger partial charge in [0.15, 0.2) is 0 Å². The largest absolute Gasteiger partial charge is 0.285 e. The molecule has 3 rings (SSSR count). The monoisotopic (exact) mass is 403 g/mol. The molecule has 2 aromatic carbocycles. The van der Waals surface area contributed by atoms with Crippen LogP contribution in [0.25, 0.3) is 22.4 Å². The number of aromatic nitrogens is 2. The maximum absolute atomic E-state index is 12.7. The summed E-state index contributed by atoms with van der Waals surface area (Å²) in [5.74, 6) is 0.206. The van der Waals surface area contributed by atoms with Crippen molar-refractivity contribution in [2.24, 2.45) is 0 Å².